The van der Waals surface area contributed by atoms with Crippen molar-refractivity contribution in [2.45, 2.75) is 35.2 Å². The minimum absolute atomic E-state index is 0.861. The van der Waals surface area contributed by atoms with Gasteiger partial charge in [-0.25, -0.2) is 4.21 Å². The van der Waals surface area contributed by atoms with Gasteiger partial charge in [0, 0.05) is 16.8 Å². The van der Waals surface area contributed by atoms with E-state index in [0.29, 0.717) is 0 Å². The van der Waals surface area contributed by atoms with Gasteiger partial charge in [0.25, 0.3) is 0 Å². The van der Waals surface area contributed by atoms with Gasteiger partial charge in [0.15, 0.2) is 0 Å². The molecule has 0 spiro atoms. The molecule has 2 nitrogen and oxygen atoms in total. The van der Waals surface area contributed by atoms with Gasteiger partial charge in [-0.3, -0.25) is 0 Å². The Labute approximate surface area is 138 Å². The highest BCUT2D eigenvalue weighted by Crippen LogP contribution is 2.37. The quantitative estimate of drug-likeness (QED) is 0.619. The lowest BCUT2D eigenvalue weighted by molar-refractivity contribution is 0.674. The van der Waals surface area contributed by atoms with Crippen molar-refractivity contribution >= 4 is 33.5 Å². The Balaban J connectivity index is 2.27. The Morgan fingerprint density at radius 1 is 1.00 bits per heavy atom. The molecule has 22 heavy (non-hydrogen) atoms. The molecule has 1 heterocycles. The van der Waals surface area contributed by atoms with Crippen LogP contribution in [0.1, 0.15) is 13.8 Å². The number of hydrogen-bond donors (Lipinski definition) is 0. The molecule has 0 fully saturated rings. The predicted octanol–water partition coefficient (Wildman–Crippen LogP) is 4.94. The third kappa shape index (κ3) is 2.61. The van der Waals surface area contributed by atoms with Crippen LogP contribution in [0.3, 0.4) is 0 Å². The molecule has 0 radical (unpaired) electrons. The molecule has 3 aromatic rings. The maximum Gasteiger partial charge on any atom is 0.0927 e. The molecule has 1 aromatic heterocycles. The molecule has 1 atom stereocenters. The van der Waals surface area contributed by atoms with Crippen molar-refractivity contribution in [3.8, 4) is 0 Å². The second kappa shape index (κ2) is 6.71. The number of thioether (sulfide) groups is 1. The maximum absolute atomic E-state index is 13.2. The lowest BCUT2D eigenvalue weighted by Crippen LogP contribution is -1.99. The molecule has 0 saturated heterocycles. The summed E-state index contributed by atoms with van der Waals surface area (Å²) in [6.07, 6.45) is 0. The van der Waals surface area contributed by atoms with Crippen molar-refractivity contribution in [1.29, 1.82) is 0 Å². The zero-order valence-corrected chi connectivity index (χ0v) is 14.4. The summed E-state index contributed by atoms with van der Waals surface area (Å²) in [7, 11) is -1.16. The molecule has 0 aliphatic carbocycles. The first-order chi connectivity index (χ1) is 10.8. The number of para-hydroxylation sites is 1. The fourth-order valence-corrected chi connectivity index (χ4v) is 5.27. The van der Waals surface area contributed by atoms with Gasteiger partial charge < -0.3 is 4.57 Å². The van der Waals surface area contributed by atoms with Crippen molar-refractivity contribution < 1.29 is 4.21 Å². The van der Waals surface area contributed by atoms with Crippen LogP contribution < -0.4 is 0 Å². The number of aromatic nitrogens is 1. The van der Waals surface area contributed by atoms with Crippen LogP contribution in [0.15, 0.2) is 69.4 Å². The first-order valence-electron chi connectivity index (χ1n) is 7.48. The SMILES string of the molecule is CCSc1c(S(=O)c2ccccc2)c2ccccc2n1CC. The summed E-state index contributed by atoms with van der Waals surface area (Å²) in [4.78, 5) is 1.81. The molecule has 3 rings (SSSR count). The number of rotatable bonds is 5. The Kier molecular flexibility index (Phi) is 4.69. The highest BCUT2D eigenvalue weighted by Gasteiger charge is 2.21. The number of benzene rings is 2. The molecule has 0 N–H and O–H groups in total. The Morgan fingerprint density at radius 2 is 1.68 bits per heavy atom. The minimum atomic E-state index is -1.16. The lowest BCUT2D eigenvalue weighted by Gasteiger charge is -2.08. The second-order valence-corrected chi connectivity index (χ2v) is 7.58. The van der Waals surface area contributed by atoms with Gasteiger partial charge in [0.2, 0.25) is 0 Å². The van der Waals surface area contributed by atoms with Crippen LogP contribution in [0, 0.1) is 0 Å². The largest absolute Gasteiger partial charge is 0.335 e. The van der Waals surface area contributed by atoms with Crippen LogP contribution >= 0.6 is 11.8 Å². The van der Waals surface area contributed by atoms with E-state index in [4.69, 9.17) is 0 Å². The van der Waals surface area contributed by atoms with Crippen LogP contribution in [0.4, 0.5) is 0 Å². The summed E-state index contributed by atoms with van der Waals surface area (Å²) in [5, 5.41) is 2.23. The molecule has 0 saturated carbocycles. The average molecular weight is 329 g/mol. The highest BCUT2D eigenvalue weighted by molar-refractivity contribution is 7.99. The number of aryl methyl sites for hydroxylation is 1. The minimum Gasteiger partial charge on any atom is -0.335 e. The number of fused-ring (bicyclic) bond motifs is 1. The standard InChI is InChI=1S/C18H19NOS2/c1-3-19-16-13-9-8-12-15(16)17(18(19)21-4-2)22(20)14-10-6-5-7-11-14/h5-13H,3-4H2,1-2H3. The predicted molar refractivity (Wildman–Crippen MR) is 95.1 cm³/mol. The first kappa shape index (κ1) is 15.4. The average Bonchev–Trinajstić information content (AvgIpc) is 2.88. The zero-order valence-electron chi connectivity index (χ0n) is 12.8. The molecule has 114 valence electrons. The van der Waals surface area contributed by atoms with Crippen LogP contribution in [-0.2, 0) is 17.3 Å². The summed E-state index contributed by atoms with van der Waals surface area (Å²) >= 11 is 1.77. The third-order valence-electron chi connectivity index (χ3n) is 3.62. The fraction of sp³-hybridized carbons (Fsp3) is 0.222. The number of hydrogen-bond acceptors (Lipinski definition) is 2. The van der Waals surface area contributed by atoms with Crippen molar-refractivity contribution in [2.75, 3.05) is 5.75 Å². The summed E-state index contributed by atoms with van der Waals surface area (Å²) in [5.74, 6) is 0.968. The fourth-order valence-electron chi connectivity index (χ4n) is 2.68. The maximum atomic E-state index is 13.2. The van der Waals surface area contributed by atoms with Gasteiger partial charge in [-0.05, 0) is 30.9 Å². The molecular formula is C18H19NOS2. The van der Waals surface area contributed by atoms with Gasteiger partial charge >= 0.3 is 0 Å². The molecule has 2 aromatic carbocycles. The first-order valence-corrected chi connectivity index (χ1v) is 9.62. The van der Waals surface area contributed by atoms with E-state index in [1.807, 2.05) is 42.5 Å². The molecule has 4 heteroatoms. The number of nitrogens with zero attached hydrogens (tertiary/aromatic N) is 1. The van der Waals surface area contributed by atoms with Crippen molar-refractivity contribution in [1.82, 2.24) is 4.57 Å². The van der Waals surface area contributed by atoms with Gasteiger partial charge in [0.05, 0.1) is 26.2 Å². The van der Waals surface area contributed by atoms with Crippen LogP contribution in [0.2, 0.25) is 0 Å². The summed E-state index contributed by atoms with van der Waals surface area (Å²) in [5.41, 5.74) is 1.17. The van der Waals surface area contributed by atoms with E-state index in [-0.39, 0.29) is 0 Å². The molecule has 0 bridgehead atoms. The Bertz CT molecular complexity index is 809. The third-order valence-corrected chi connectivity index (χ3v) is 6.22. The molecular weight excluding hydrogens is 310 g/mol. The van der Waals surface area contributed by atoms with E-state index < -0.39 is 10.8 Å². The highest BCUT2D eigenvalue weighted by atomic mass is 32.2. The lowest BCUT2D eigenvalue weighted by atomic mass is 10.2. The summed E-state index contributed by atoms with van der Waals surface area (Å²) < 4.78 is 15.4. The monoisotopic (exact) mass is 329 g/mol. The van der Waals surface area contributed by atoms with Crippen molar-refractivity contribution in [3.63, 3.8) is 0 Å². The second-order valence-electron chi connectivity index (χ2n) is 4.91. The Morgan fingerprint density at radius 3 is 2.36 bits per heavy atom. The van der Waals surface area contributed by atoms with Gasteiger partial charge in [0.1, 0.15) is 0 Å². The van der Waals surface area contributed by atoms with Gasteiger partial charge in [-0.1, -0.05) is 43.3 Å². The van der Waals surface area contributed by atoms with E-state index in [0.717, 1.165) is 32.5 Å². The molecule has 0 amide bonds. The van der Waals surface area contributed by atoms with Gasteiger partial charge in [-0.15, -0.1) is 11.8 Å². The summed E-state index contributed by atoms with van der Waals surface area (Å²) in [6.45, 7) is 5.16. The molecule has 0 aliphatic rings. The van der Waals surface area contributed by atoms with E-state index in [1.54, 1.807) is 11.8 Å². The van der Waals surface area contributed by atoms with Crippen molar-refractivity contribution in [2.24, 2.45) is 0 Å². The molecule has 0 aliphatic heterocycles. The Hall–Kier alpha value is -1.52. The topological polar surface area (TPSA) is 22.0 Å². The van der Waals surface area contributed by atoms with Crippen LogP contribution in [-0.4, -0.2) is 14.5 Å². The van der Waals surface area contributed by atoms with Gasteiger partial charge in [-0.2, -0.15) is 0 Å². The molecule has 1 unspecified atom stereocenters. The normalized spacial score (nSPS) is 12.6. The van der Waals surface area contributed by atoms with E-state index >= 15 is 0 Å². The van der Waals surface area contributed by atoms with E-state index in [2.05, 4.69) is 30.5 Å². The van der Waals surface area contributed by atoms with E-state index in [1.165, 1.54) is 5.52 Å². The smallest absolute Gasteiger partial charge is 0.0927 e. The summed E-state index contributed by atoms with van der Waals surface area (Å²) in [6, 6.07) is 18.0. The zero-order chi connectivity index (χ0) is 15.5. The van der Waals surface area contributed by atoms with Crippen molar-refractivity contribution in [3.05, 3.63) is 54.6 Å². The van der Waals surface area contributed by atoms with Crippen LogP contribution in [0.25, 0.3) is 10.9 Å². The van der Waals surface area contributed by atoms with Crippen LogP contribution in [0.5, 0.6) is 0 Å². The van der Waals surface area contributed by atoms with E-state index in [9.17, 15) is 4.21 Å².